The predicted molar refractivity (Wildman–Crippen MR) is 499 cm³/mol. The molecule has 9 aliphatic rings. The third kappa shape index (κ3) is 23.6. The van der Waals surface area contributed by atoms with Gasteiger partial charge in [0.2, 0.25) is 59.1 Å². The minimum absolute atomic E-state index is 0.0426. The molecule has 13 rings (SSSR count). The number of allylic oxidation sites excluding steroid dienone is 3. The summed E-state index contributed by atoms with van der Waals surface area (Å²) in [5, 5.41) is 51.9. The van der Waals surface area contributed by atoms with E-state index in [0.29, 0.717) is 84.1 Å². The fourth-order valence-electron chi connectivity index (χ4n) is 22.2. The Morgan fingerprint density at radius 2 is 1.38 bits per heavy atom. The Balaban J connectivity index is 0.759. The number of pyridine rings is 1. The number of phenolic OH excluding ortho intramolecular Hbond substituents is 1. The van der Waals surface area contributed by atoms with E-state index >= 15 is 33.6 Å². The van der Waals surface area contributed by atoms with Crippen molar-refractivity contribution in [2.24, 2.45) is 71.0 Å². The van der Waals surface area contributed by atoms with Crippen molar-refractivity contribution in [3.05, 3.63) is 156 Å². The molecule has 12 amide bonds. The highest BCUT2D eigenvalue weighted by atomic mass is 33.1. The Bertz CT molecular complexity index is 4930. The lowest BCUT2D eigenvalue weighted by Gasteiger charge is -2.58. The van der Waals surface area contributed by atoms with E-state index in [0.717, 1.165) is 69.4 Å². The molecule has 4 aromatic rings. The monoisotopic (exact) mass is 1820 g/mol. The number of nitrogens with one attached hydrogen (secondary N) is 10. The largest absolute Gasteiger partial charge is 0.508 e. The first-order chi connectivity index (χ1) is 62.2. The van der Waals surface area contributed by atoms with Crippen LogP contribution in [0, 0.1) is 58.2 Å². The SMILES string of the molecule is CC(C)CCCC(C)C1CCC2C3CC=C4CC(OC(=O)NCCCCC5NC(=O)C(CC6=CNC7C=CC=CC67)NC(=O)C(Cc6ccc(O)cc6)NC(=O)C(NC(=O)C(Cc6ccc7ccccc7c6)NC(=O)C6CCCN6C(=O)C6CCCN6C(=O)c6ccc[n+](C)c6)CSSCC(C(=O)NC(C(N)=O)C(C)O)NC(=O)C(C(C)C)NC5=O)CCC4(C)C3CCC12C. The fraction of sp³-hybridized carbons (Fsp3) is 0.586. The van der Waals surface area contributed by atoms with Gasteiger partial charge < -0.3 is 83.7 Å². The van der Waals surface area contributed by atoms with Crippen LogP contribution in [-0.4, -0.2) is 201 Å². The van der Waals surface area contributed by atoms with E-state index in [2.05, 4.69) is 93.9 Å². The number of carbonyl (C=O) groups is 12. The number of hydrogen-bond donors (Lipinski definition) is 13. The van der Waals surface area contributed by atoms with Crippen LogP contribution in [0.5, 0.6) is 5.75 Å². The second kappa shape index (κ2) is 43.8. The molecule has 3 saturated heterocycles. The topological polar surface area (TPSA) is 411 Å². The molecule has 3 aromatic carbocycles. The van der Waals surface area contributed by atoms with Crippen molar-refractivity contribution in [2.75, 3.05) is 31.1 Å². The number of amides is 12. The van der Waals surface area contributed by atoms with Gasteiger partial charge in [-0.05, 0) is 207 Å². The molecule has 3 saturated carbocycles. The molecule has 4 aliphatic heterocycles. The van der Waals surface area contributed by atoms with Crippen LogP contribution in [-0.2, 0) is 72.6 Å². The van der Waals surface area contributed by atoms with Gasteiger partial charge >= 0.3 is 6.09 Å². The number of benzene rings is 3. The molecule has 1 aromatic heterocycles. The lowest BCUT2D eigenvalue weighted by Crippen LogP contribution is -2.62. The van der Waals surface area contributed by atoms with Crippen LogP contribution in [0.15, 0.2) is 139 Å². The first-order valence-electron chi connectivity index (χ1n) is 47.1. The van der Waals surface area contributed by atoms with Gasteiger partial charge in [-0.1, -0.05) is 180 Å². The highest BCUT2D eigenvalue weighted by Crippen LogP contribution is 2.67. The van der Waals surface area contributed by atoms with Gasteiger partial charge in [-0.25, -0.2) is 9.36 Å². The summed E-state index contributed by atoms with van der Waals surface area (Å²) in [4.78, 5) is 182. The number of likely N-dealkylation sites (tertiary alicyclic amines) is 2. The average molecular weight is 1830 g/mol. The van der Waals surface area contributed by atoms with Crippen LogP contribution in [0.1, 0.15) is 199 Å². The maximum absolute atomic E-state index is 15.8. The molecule has 29 nitrogen and oxygen atoms in total. The standard InChI is InChI=1S/C99H134N14O15S2/c1-57(2)20-16-21-59(5)72-38-39-73-71-37-34-67-52-69(40-42-98(67,7)74(71)41-43-99(72,73)8)128-97(127)101-44-15-14-27-76-87(117)109-84(58(3)4)94(124)108-81(92(122)110-85(60(6)114)86(100)116)56-130-129-55-80(91(121)104-77(49-61-31-35-68(115)36-32-61)88(118)105-79(90(120)103-76)51-66-53-102-75-26-13-12-25-70(66)75)107-89(119)78(50-62-30-33-63-22-10-11-23-64(63)48-62)106-93(123)82-28-18-46-112(82)96(126)83-29-19-47-113(83)95(125)65-24-17-45-111(9)54-65/h10-13,17,22-26,30-36,45,48,53-54,57-60,69-85,102,114H,14-16,18-21,27-29,37-44,46-47,49-52,55-56H2,1-9H3,(H11-,100,101,103,104,105,106,107,108,109,110,115,116,117,118,119,120,121,122,123,124,127)/p+1. The van der Waals surface area contributed by atoms with Crippen molar-refractivity contribution in [1.82, 2.24) is 63.0 Å². The normalized spacial score (nSPS) is 29.3. The smallest absolute Gasteiger partial charge is 0.407 e. The van der Waals surface area contributed by atoms with E-state index in [4.69, 9.17) is 10.5 Å². The van der Waals surface area contributed by atoms with E-state index in [1.807, 2.05) is 66.8 Å². The third-order valence-electron chi connectivity index (χ3n) is 29.3. The second-order valence-electron chi connectivity index (χ2n) is 39.0. The molecule has 6 fully saturated rings. The molecule has 5 heterocycles. The second-order valence-corrected chi connectivity index (χ2v) is 41.6. The summed E-state index contributed by atoms with van der Waals surface area (Å²) >= 11 is 0. The van der Waals surface area contributed by atoms with Gasteiger partial charge in [0, 0.05) is 62.4 Å². The predicted octanol–water partition coefficient (Wildman–Crippen LogP) is 8.54. The molecule has 0 radical (unpaired) electrons. The van der Waals surface area contributed by atoms with Crippen molar-refractivity contribution in [3.8, 4) is 5.75 Å². The Morgan fingerprint density at radius 1 is 0.685 bits per heavy atom. The zero-order chi connectivity index (χ0) is 92.8. The molecule has 0 spiro atoms. The molecule has 130 heavy (non-hydrogen) atoms. The third-order valence-corrected chi connectivity index (χ3v) is 31.7. The Labute approximate surface area is 771 Å². The van der Waals surface area contributed by atoms with Gasteiger partial charge in [0.1, 0.15) is 84.9 Å². The molecule has 14 N–H and O–H groups in total. The van der Waals surface area contributed by atoms with E-state index in [1.165, 1.54) is 74.5 Å². The number of primary amides is 1. The van der Waals surface area contributed by atoms with Crippen molar-refractivity contribution in [3.63, 3.8) is 0 Å². The first-order valence-corrected chi connectivity index (χ1v) is 49.6. The number of phenols is 1. The number of aromatic nitrogens is 1. The number of nitrogens with two attached hydrogens (primary N) is 1. The lowest BCUT2D eigenvalue weighted by molar-refractivity contribution is -0.671. The molecule has 21 atom stereocenters. The average Bonchev–Trinajstić information content (AvgIpc) is 1.46. The number of aryl methyl sites for hydroxylation is 1. The molecule has 0 bridgehead atoms. The number of fused-ring (bicyclic) bond motifs is 7. The van der Waals surface area contributed by atoms with Gasteiger partial charge in [0.25, 0.3) is 5.91 Å². The van der Waals surface area contributed by atoms with Gasteiger partial charge in [0.05, 0.1) is 12.1 Å². The number of unbranched alkanes of at least 4 members (excludes halogenated alkanes) is 1. The van der Waals surface area contributed by atoms with Gasteiger partial charge in [-0.2, -0.15) is 0 Å². The summed E-state index contributed by atoms with van der Waals surface area (Å²) in [6, 6.07) is 8.07. The highest BCUT2D eigenvalue weighted by Gasteiger charge is 2.60. The zero-order valence-corrected chi connectivity index (χ0v) is 78.2. The number of aliphatic hydroxyl groups excluding tert-OH is 1. The van der Waals surface area contributed by atoms with Crippen LogP contribution >= 0.6 is 21.6 Å². The zero-order valence-electron chi connectivity index (χ0n) is 76.6. The van der Waals surface area contributed by atoms with Crippen molar-refractivity contribution in [1.29, 1.82) is 0 Å². The summed E-state index contributed by atoms with van der Waals surface area (Å²) in [5.41, 5.74) is 9.64. The summed E-state index contributed by atoms with van der Waals surface area (Å²) in [5.74, 6) is -6.30. The Morgan fingerprint density at radius 3 is 2.12 bits per heavy atom. The summed E-state index contributed by atoms with van der Waals surface area (Å²) in [6.07, 6.45) is 26.9. The fourth-order valence-corrected chi connectivity index (χ4v) is 24.5. The van der Waals surface area contributed by atoms with Crippen molar-refractivity contribution < 1.29 is 77.1 Å². The maximum atomic E-state index is 15.8. The van der Waals surface area contributed by atoms with E-state index in [9.17, 15) is 34.2 Å². The summed E-state index contributed by atoms with van der Waals surface area (Å²) in [7, 11) is 3.70. The lowest BCUT2D eigenvalue weighted by atomic mass is 9.47. The van der Waals surface area contributed by atoms with Crippen LogP contribution in [0.3, 0.4) is 0 Å². The molecular weight excluding hydrogens is 1690 g/mol. The van der Waals surface area contributed by atoms with Crippen LogP contribution in [0.2, 0.25) is 0 Å². The number of aliphatic hydroxyl groups is 1. The molecule has 31 heteroatoms. The number of hydrogen-bond acceptors (Lipinski definition) is 18. The highest BCUT2D eigenvalue weighted by molar-refractivity contribution is 8.76. The molecule has 21 unspecified atom stereocenters. The molecular formula is C99H135N14O15S2+. The number of alkyl carbamates (subject to hydrolysis) is 1. The van der Waals surface area contributed by atoms with E-state index in [1.54, 1.807) is 73.2 Å². The minimum atomic E-state index is -1.65. The molecule has 5 aliphatic carbocycles. The summed E-state index contributed by atoms with van der Waals surface area (Å²) in [6.45, 7) is 17.4. The number of nitrogens with zero attached hydrogens (tertiary/aromatic N) is 3. The number of rotatable bonds is 28. The number of aromatic hydroxyl groups is 1. The van der Waals surface area contributed by atoms with Crippen LogP contribution in [0.25, 0.3) is 10.8 Å². The summed E-state index contributed by atoms with van der Waals surface area (Å²) < 4.78 is 7.95. The van der Waals surface area contributed by atoms with Crippen molar-refractivity contribution in [2.45, 2.75) is 269 Å². The van der Waals surface area contributed by atoms with Crippen LogP contribution < -0.4 is 63.5 Å². The van der Waals surface area contributed by atoms with Gasteiger partial charge in [-0.3, -0.25) is 52.7 Å². The quantitative estimate of drug-likeness (QED) is 0.0110. The van der Waals surface area contributed by atoms with Gasteiger partial charge in [-0.15, -0.1) is 0 Å². The van der Waals surface area contributed by atoms with E-state index < -0.39 is 138 Å². The Hall–Kier alpha value is -10.3. The number of carbonyl (C=O) groups excluding carboxylic acids is 12. The van der Waals surface area contributed by atoms with Crippen molar-refractivity contribution >= 4 is 103 Å². The van der Waals surface area contributed by atoms with E-state index in [-0.39, 0.29) is 98.3 Å². The van der Waals surface area contributed by atoms with Gasteiger partial charge in [0.15, 0.2) is 12.4 Å². The first kappa shape index (κ1) is 97.3. The Kier molecular flexibility index (Phi) is 32.8. The molecule has 702 valence electrons. The number of ether oxygens (including phenoxy) is 1. The maximum Gasteiger partial charge on any atom is 0.407 e. The minimum Gasteiger partial charge on any atom is -0.508 e. The van der Waals surface area contributed by atoms with Crippen LogP contribution in [0.4, 0.5) is 4.79 Å².